The molecule has 0 aliphatic rings. The van der Waals surface area contributed by atoms with Crippen molar-refractivity contribution < 1.29 is 23.1 Å². The maximum absolute atomic E-state index is 13.8. The average molecular weight is 336 g/mol. The molecule has 24 heavy (non-hydrogen) atoms. The molecule has 1 atom stereocenters. The second kappa shape index (κ2) is 6.82. The van der Waals surface area contributed by atoms with Gasteiger partial charge < -0.3 is 15.0 Å². The molecule has 0 bridgehead atoms. The van der Waals surface area contributed by atoms with Gasteiger partial charge in [-0.3, -0.25) is 4.79 Å². The molecule has 5 nitrogen and oxygen atoms in total. The molecule has 7 heteroatoms. The SMILES string of the molecule is COC(=O)c1c(C)[nH]c(C(=O)NC(C)c2cc(F)ccc2F)c1C. The number of amides is 1. The summed E-state index contributed by atoms with van der Waals surface area (Å²) in [5.41, 5.74) is 1.43. The highest BCUT2D eigenvalue weighted by atomic mass is 19.1. The van der Waals surface area contributed by atoms with Gasteiger partial charge in [0.05, 0.1) is 18.7 Å². The first-order valence-electron chi connectivity index (χ1n) is 7.29. The smallest absolute Gasteiger partial charge is 0.339 e. The number of ether oxygens (including phenoxy) is 1. The van der Waals surface area contributed by atoms with Gasteiger partial charge in [-0.2, -0.15) is 0 Å². The van der Waals surface area contributed by atoms with E-state index in [2.05, 4.69) is 15.0 Å². The van der Waals surface area contributed by atoms with E-state index in [9.17, 15) is 18.4 Å². The summed E-state index contributed by atoms with van der Waals surface area (Å²) in [5, 5.41) is 2.59. The molecular formula is C17H18F2N2O3. The van der Waals surface area contributed by atoms with Crippen LogP contribution in [0.2, 0.25) is 0 Å². The molecule has 1 aromatic carbocycles. The van der Waals surface area contributed by atoms with Gasteiger partial charge in [-0.25, -0.2) is 13.6 Å². The Morgan fingerprint density at radius 3 is 2.54 bits per heavy atom. The van der Waals surface area contributed by atoms with E-state index in [1.54, 1.807) is 20.8 Å². The van der Waals surface area contributed by atoms with E-state index < -0.39 is 29.6 Å². The van der Waals surface area contributed by atoms with Gasteiger partial charge in [0, 0.05) is 11.3 Å². The molecule has 2 aromatic rings. The van der Waals surface area contributed by atoms with Crippen LogP contribution in [0.5, 0.6) is 0 Å². The van der Waals surface area contributed by atoms with Gasteiger partial charge in [0.15, 0.2) is 0 Å². The van der Waals surface area contributed by atoms with Crippen LogP contribution >= 0.6 is 0 Å². The number of benzene rings is 1. The number of rotatable bonds is 4. The summed E-state index contributed by atoms with van der Waals surface area (Å²) in [6, 6.07) is 2.30. The molecule has 1 unspecified atom stereocenters. The largest absolute Gasteiger partial charge is 0.465 e. The summed E-state index contributed by atoms with van der Waals surface area (Å²) in [7, 11) is 1.25. The van der Waals surface area contributed by atoms with Gasteiger partial charge in [0.1, 0.15) is 17.3 Å². The number of carbonyl (C=O) groups is 2. The highest BCUT2D eigenvalue weighted by Gasteiger charge is 2.24. The Morgan fingerprint density at radius 2 is 1.92 bits per heavy atom. The summed E-state index contributed by atoms with van der Waals surface area (Å²) in [6.07, 6.45) is 0. The number of aromatic amines is 1. The monoisotopic (exact) mass is 336 g/mol. The van der Waals surface area contributed by atoms with Crippen molar-refractivity contribution in [1.82, 2.24) is 10.3 Å². The highest BCUT2D eigenvalue weighted by Crippen LogP contribution is 2.21. The van der Waals surface area contributed by atoms with Gasteiger partial charge in [-0.05, 0) is 44.5 Å². The van der Waals surface area contributed by atoms with Gasteiger partial charge in [0.25, 0.3) is 5.91 Å². The van der Waals surface area contributed by atoms with Crippen LogP contribution in [-0.2, 0) is 4.74 Å². The minimum absolute atomic E-state index is 0.0393. The zero-order chi connectivity index (χ0) is 18.0. The maximum Gasteiger partial charge on any atom is 0.339 e. The molecule has 0 saturated carbocycles. The minimum Gasteiger partial charge on any atom is -0.465 e. The summed E-state index contributed by atoms with van der Waals surface area (Å²) >= 11 is 0. The van der Waals surface area contributed by atoms with E-state index in [1.807, 2.05) is 0 Å². The second-order valence-electron chi connectivity index (χ2n) is 5.48. The number of methoxy groups -OCH3 is 1. The zero-order valence-electron chi connectivity index (χ0n) is 13.8. The Morgan fingerprint density at radius 1 is 1.25 bits per heavy atom. The third-order valence-electron chi connectivity index (χ3n) is 3.83. The van der Waals surface area contributed by atoms with Crippen LogP contribution in [0.1, 0.15) is 50.6 Å². The number of hydrogen-bond donors (Lipinski definition) is 2. The van der Waals surface area contributed by atoms with Crippen molar-refractivity contribution in [2.45, 2.75) is 26.8 Å². The lowest BCUT2D eigenvalue weighted by molar-refractivity contribution is 0.0599. The molecule has 2 N–H and O–H groups in total. The number of hydrogen-bond acceptors (Lipinski definition) is 3. The predicted octanol–water partition coefficient (Wildman–Crippen LogP) is 3.19. The number of aryl methyl sites for hydroxylation is 1. The predicted molar refractivity (Wildman–Crippen MR) is 83.8 cm³/mol. The van der Waals surface area contributed by atoms with Crippen LogP contribution in [0, 0.1) is 25.5 Å². The number of esters is 1. The van der Waals surface area contributed by atoms with Gasteiger partial charge in [-0.15, -0.1) is 0 Å². The summed E-state index contributed by atoms with van der Waals surface area (Å²) in [6.45, 7) is 4.80. The van der Waals surface area contributed by atoms with Crippen LogP contribution in [0.3, 0.4) is 0 Å². The molecule has 0 aliphatic heterocycles. The van der Waals surface area contributed by atoms with E-state index in [0.29, 0.717) is 11.3 Å². The standard InChI is InChI=1S/C17H18F2N2O3/c1-8-14(17(23)24-4)10(3)20-15(8)16(22)21-9(2)12-7-11(18)5-6-13(12)19/h5-7,9,20H,1-4H3,(H,21,22). The molecular weight excluding hydrogens is 318 g/mol. The molecule has 0 fully saturated rings. The summed E-state index contributed by atoms with van der Waals surface area (Å²) < 4.78 is 31.8. The number of nitrogens with one attached hydrogen (secondary N) is 2. The number of aromatic nitrogens is 1. The first kappa shape index (κ1) is 17.7. The van der Waals surface area contributed by atoms with Crippen molar-refractivity contribution in [3.05, 3.63) is 57.9 Å². The van der Waals surface area contributed by atoms with Gasteiger partial charge in [0.2, 0.25) is 0 Å². The van der Waals surface area contributed by atoms with Crippen LogP contribution in [0.25, 0.3) is 0 Å². The Labute approximate surface area is 138 Å². The van der Waals surface area contributed by atoms with Crippen molar-refractivity contribution in [3.8, 4) is 0 Å². The van der Waals surface area contributed by atoms with E-state index in [1.165, 1.54) is 7.11 Å². The molecule has 128 valence electrons. The van der Waals surface area contributed by atoms with Crippen molar-refractivity contribution in [1.29, 1.82) is 0 Å². The van der Waals surface area contributed by atoms with Gasteiger partial charge >= 0.3 is 5.97 Å². The third kappa shape index (κ3) is 3.29. The van der Waals surface area contributed by atoms with E-state index in [0.717, 1.165) is 18.2 Å². The molecule has 1 amide bonds. The number of H-pyrrole nitrogens is 1. The van der Waals surface area contributed by atoms with Gasteiger partial charge in [-0.1, -0.05) is 0 Å². The highest BCUT2D eigenvalue weighted by molar-refractivity contribution is 6.00. The Balaban J connectivity index is 2.27. The first-order chi connectivity index (χ1) is 11.3. The van der Waals surface area contributed by atoms with Crippen molar-refractivity contribution in [3.63, 3.8) is 0 Å². The maximum atomic E-state index is 13.8. The van der Waals surface area contributed by atoms with Crippen molar-refractivity contribution >= 4 is 11.9 Å². The zero-order valence-corrected chi connectivity index (χ0v) is 13.8. The fourth-order valence-electron chi connectivity index (χ4n) is 2.58. The number of carbonyl (C=O) groups excluding carboxylic acids is 2. The lowest BCUT2D eigenvalue weighted by atomic mass is 10.1. The quantitative estimate of drug-likeness (QED) is 0.843. The molecule has 1 heterocycles. The normalized spacial score (nSPS) is 11.9. The first-order valence-corrected chi connectivity index (χ1v) is 7.29. The molecule has 0 aliphatic carbocycles. The Bertz CT molecular complexity index is 799. The average Bonchev–Trinajstić information content (AvgIpc) is 2.83. The lowest BCUT2D eigenvalue weighted by Crippen LogP contribution is -2.28. The Kier molecular flexibility index (Phi) is 5.02. The van der Waals surface area contributed by atoms with Crippen LogP contribution < -0.4 is 5.32 Å². The van der Waals surface area contributed by atoms with E-state index in [-0.39, 0.29) is 16.8 Å². The number of halogens is 2. The van der Waals surface area contributed by atoms with Crippen LogP contribution in [0.4, 0.5) is 8.78 Å². The van der Waals surface area contributed by atoms with Crippen molar-refractivity contribution in [2.24, 2.45) is 0 Å². The minimum atomic E-state index is -0.752. The van der Waals surface area contributed by atoms with E-state index in [4.69, 9.17) is 0 Å². The lowest BCUT2D eigenvalue weighted by Gasteiger charge is -2.15. The third-order valence-corrected chi connectivity index (χ3v) is 3.83. The summed E-state index contributed by atoms with van der Waals surface area (Å²) in [5.74, 6) is -2.28. The molecule has 1 aromatic heterocycles. The molecule has 2 rings (SSSR count). The second-order valence-corrected chi connectivity index (χ2v) is 5.48. The fraction of sp³-hybridized carbons (Fsp3) is 0.294. The molecule has 0 saturated heterocycles. The molecule has 0 spiro atoms. The van der Waals surface area contributed by atoms with Crippen LogP contribution in [0.15, 0.2) is 18.2 Å². The van der Waals surface area contributed by atoms with Crippen molar-refractivity contribution in [2.75, 3.05) is 7.11 Å². The fourth-order valence-corrected chi connectivity index (χ4v) is 2.58. The van der Waals surface area contributed by atoms with E-state index >= 15 is 0 Å². The molecule has 0 radical (unpaired) electrons. The summed E-state index contributed by atoms with van der Waals surface area (Å²) in [4.78, 5) is 27.0. The van der Waals surface area contributed by atoms with Crippen LogP contribution in [-0.4, -0.2) is 24.0 Å². The Hall–Kier alpha value is -2.70. The topological polar surface area (TPSA) is 71.2 Å².